The van der Waals surface area contributed by atoms with Crippen LogP contribution in [-0.4, -0.2) is 46.7 Å². The van der Waals surface area contributed by atoms with Gasteiger partial charge < -0.3 is 9.84 Å². The quantitative estimate of drug-likeness (QED) is 0.908. The van der Waals surface area contributed by atoms with Crippen LogP contribution in [0.15, 0.2) is 30.3 Å². The molecule has 0 aliphatic carbocycles. The van der Waals surface area contributed by atoms with Crippen LogP contribution < -0.4 is 4.74 Å². The number of carboxylic acids is 1. The fourth-order valence-electron chi connectivity index (χ4n) is 2.81. The van der Waals surface area contributed by atoms with Crippen LogP contribution in [-0.2, 0) is 0 Å². The van der Waals surface area contributed by atoms with E-state index in [9.17, 15) is 4.79 Å². The zero-order chi connectivity index (χ0) is 15.5. The molecule has 1 N–H and O–H groups in total. The van der Waals surface area contributed by atoms with Gasteiger partial charge in [0.05, 0.1) is 11.1 Å². The molecule has 6 heteroatoms. The van der Waals surface area contributed by atoms with Crippen molar-refractivity contribution in [3.8, 4) is 5.88 Å². The van der Waals surface area contributed by atoms with Gasteiger partial charge in [0, 0.05) is 17.5 Å². The first-order valence-electron chi connectivity index (χ1n) is 7.64. The Hall–Kier alpha value is -1.85. The van der Waals surface area contributed by atoms with Crippen molar-refractivity contribution in [1.29, 1.82) is 0 Å². The van der Waals surface area contributed by atoms with E-state index < -0.39 is 5.97 Å². The number of pyridine rings is 1. The monoisotopic (exact) mass is 336 g/mol. The Morgan fingerprint density at radius 1 is 1.30 bits per heavy atom. The highest BCUT2D eigenvalue weighted by Gasteiger charge is 2.18. The standard InChI is InChI=1S/C17H20N2O3.ClH/c1-12(19-8-2-3-9-19)11-22-16-7-5-13-10-14(17(20)21)4-6-15(13)18-16;/h4-7,10,12H,2-3,8-9,11H2,1H3,(H,20,21);1H. The van der Waals surface area contributed by atoms with E-state index in [0.717, 1.165) is 24.0 Å². The predicted octanol–water partition coefficient (Wildman–Crippen LogP) is 3.22. The number of halogens is 1. The summed E-state index contributed by atoms with van der Waals surface area (Å²) in [7, 11) is 0. The molecule has 0 bridgehead atoms. The van der Waals surface area contributed by atoms with E-state index in [1.165, 1.54) is 12.8 Å². The summed E-state index contributed by atoms with van der Waals surface area (Å²) >= 11 is 0. The Balaban J connectivity index is 0.00000192. The van der Waals surface area contributed by atoms with Crippen molar-refractivity contribution in [2.75, 3.05) is 19.7 Å². The van der Waals surface area contributed by atoms with Crippen molar-refractivity contribution in [2.45, 2.75) is 25.8 Å². The van der Waals surface area contributed by atoms with Crippen LogP contribution in [0.2, 0.25) is 0 Å². The molecule has 0 radical (unpaired) electrons. The first kappa shape index (κ1) is 17.5. The predicted molar refractivity (Wildman–Crippen MR) is 91.7 cm³/mol. The summed E-state index contributed by atoms with van der Waals surface area (Å²) in [6.45, 7) is 5.08. The number of aromatic nitrogens is 1. The summed E-state index contributed by atoms with van der Waals surface area (Å²) in [4.78, 5) is 17.8. The molecule has 1 aromatic heterocycles. The van der Waals surface area contributed by atoms with Crippen LogP contribution in [0.1, 0.15) is 30.1 Å². The average molecular weight is 337 g/mol. The molecule has 1 aliphatic heterocycles. The van der Waals surface area contributed by atoms with Gasteiger partial charge in [-0.2, -0.15) is 0 Å². The number of hydrogen-bond donors (Lipinski definition) is 1. The van der Waals surface area contributed by atoms with Gasteiger partial charge in [-0.3, -0.25) is 4.90 Å². The molecule has 1 unspecified atom stereocenters. The first-order valence-corrected chi connectivity index (χ1v) is 7.64. The van der Waals surface area contributed by atoms with Crippen LogP contribution in [0.3, 0.4) is 0 Å². The van der Waals surface area contributed by atoms with E-state index in [-0.39, 0.29) is 18.0 Å². The van der Waals surface area contributed by atoms with Crippen molar-refractivity contribution in [3.05, 3.63) is 35.9 Å². The third-order valence-electron chi connectivity index (χ3n) is 4.15. The van der Waals surface area contributed by atoms with Gasteiger partial charge in [0.1, 0.15) is 6.61 Å². The lowest BCUT2D eigenvalue weighted by Gasteiger charge is -2.23. The van der Waals surface area contributed by atoms with Crippen molar-refractivity contribution in [3.63, 3.8) is 0 Å². The SMILES string of the molecule is CC(COc1ccc2cc(C(=O)O)ccc2n1)N1CCCC1.Cl. The van der Waals surface area contributed by atoms with Gasteiger partial charge in [-0.1, -0.05) is 0 Å². The van der Waals surface area contributed by atoms with E-state index in [1.54, 1.807) is 24.3 Å². The van der Waals surface area contributed by atoms with E-state index >= 15 is 0 Å². The second-order valence-electron chi connectivity index (χ2n) is 5.77. The number of hydrogen-bond acceptors (Lipinski definition) is 4. The minimum Gasteiger partial charge on any atom is -0.478 e. The van der Waals surface area contributed by atoms with E-state index in [0.29, 0.717) is 18.5 Å². The molecule has 23 heavy (non-hydrogen) atoms. The fourth-order valence-corrected chi connectivity index (χ4v) is 2.81. The molecule has 124 valence electrons. The Labute approximate surface area is 141 Å². The number of aromatic carboxylic acids is 1. The topological polar surface area (TPSA) is 62.7 Å². The molecule has 1 aromatic carbocycles. The van der Waals surface area contributed by atoms with Crippen molar-refractivity contribution in [2.24, 2.45) is 0 Å². The number of fused-ring (bicyclic) bond motifs is 1. The lowest BCUT2D eigenvalue weighted by atomic mass is 10.1. The molecule has 5 nitrogen and oxygen atoms in total. The fraction of sp³-hybridized carbons (Fsp3) is 0.412. The van der Waals surface area contributed by atoms with Crippen LogP contribution in [0, 0.1) is 0 Å². The van der Waals surface area contributed by atoms with Gasteiger partial charge >= 0.3 is 5.97 Å². The van der Waals surface area contributed by atoms with Crippen LogP contribution in [0.4, 0.5) is 0 Å². The lowest BCUT2D eigenvalue weighted by molar-refractivity contribution is 0.0697. The molecule has 3 rings (SSSR count). The highest BCUT2D eigenvalue weighted by molar-refractivity contribution is 5.93. The summed E-state index contributed by atoms with van der Waals surface area (Å²) in [5.41, 5.74) is 1.02. The van der Waals surface area contributed by atoms with E-state index in [2.05, 4.69) is 16.8 Å². The van der Waals surface area contributed by atoms with Crippen molar-refractivity contribution in [1.82, 2.24) is 9.88 Å². The van der Waals surface area contributed by atoms with Gasteiger partial charge in [0.25, 0.3) is 0 Å². The number of nitrogens with zero attached hydrogens (tertiary/aromatic N) is 2. The zero-order valence-electron chi connectivity index (χ0n) is 13.1. The maximum absolute atomic E-state index is 11.0. The van der Waals surface area contributed by atoms with Gasteiger partial charge in [0.2, 0.25) is 5.88 Å². The second-order valence-corrected chi connectivity index (χ2v) is 5.77. The smallest absolute Gasteiger partial charge is 0.335 e. The van der Waals surface area contributed by atoms with Crippen molar-refractivity contribution < 1.29 is 14.6 Å². The molecule has 1 atom stereocenters. The Kier molecular flexibility index (Phi) is 5.80. The highest BCUT2D eigenvalue weighted by atomic mass is 35.5. The molecule has 1 fully saturated rings. The van der Waals surface area contributed by atoms with Gasteiger partial charge in [-0.05, 0) is 57.1 Å². The average Bonchev–Trinajstić information content (AvgIpc) is 3.06. The highest BCUT2D eigenvalue weighted by Crippen LogP contribution is 2.19. The van der Waals surface area contributed by atoms with Gasteiger partial charge in [-0.15, -0.1) is 12.4 Å². The van der Waals surface area contributed by atoms with Crippen molar-refractivity contribution >= 4 is 29.3 Å². The minimum atomic E-state index is -0.929. The Bertz CT molecular complexity index is 687. The van der Waals surface area contributed by atoms with Gasteiger partial charge in [-0.25, -0.2) is 9.78 Å². The number of rotatable bonds is 5. The number of carbonyl (C=O) groups is 1. The maximum atomic E-state index is 11.0. The maximum Gasteiger partial charge on any atom is 0.335 e. The van der Waals surface area contributed by atoms with E-state index in [4.69, 9.17) is 9.84 Å². The van der Waals surface area contributed by atoms with Crippen LogP contribution in [0.5, 0.6) is 5.88 Å². The number of carboxylic acid groups (broad SMARTS) is 1. The summed E-state index contributed by atoms with van der Waals surface area (Å²) in [6.07, 6.45) is 2.54. The second kappa shape index (κ2) is 7.62. The molecule has 0 amide bonds. The summed E-state index contributed by atoms with van der Waals surface area (Å²) in [5, 5.41) is 9.80. The zero-order valence-corrected chi connectivity index (χ0v) is 13.9. The van der Waals surface area contributed by atoms with Gasteiger partial charge in [0.15, 0.2) is 0 Å². The number of ether oxygens (including phenoxy) is 1. The minimum absolute atomic E-state index is 0. The van der Waals surface area contributed by atoms with Crippen LogP contribution >= 0.6 is 12.4 Å². The normalized spacial score (nSPS) is 16.0. The Morgan fingerprint density at radius 3 is 2.74 bits per heavy atom. The number of benzene rings is 1. The number of likely N-dealkylation sites (tertiary alicyclic amines) is 1. The third-order valence-corrected chi connectivity index (χ3v) is 4.15. The molecule has 0 spiro atoms. The summed E-state index contributed by atoms with van der Waals surface area (Å²) < 4.78 is 5.80. The third kappa shape index (κ3) is 4.12. The van der Waals surface area contributed by atoms with E-state index in [1.807, 2.05) is 6.07 Å². The molecule has 2 aromatic rings. The van der Waals surface area contributed by atoms with Crippen LogP contribution in [0.25, 0.3) is 10.9 Å². The molecular weight excluding hydrogens is 316 g/mol. The Morgan fingerprint density at radius 2 is 2.04 bits per heavy atom. The first-order chi connectivity index (χ1) is 10.6. The largest absolute Gasteiger partial charge is 0.478 e. The summed E-state index contributed by atoms with van der Waals surface area (Å²) in [5.74, 6) is -0.344. The lowest BCUT2D eigenvalue weighted by Crippen LogP contribution is -2.34. The molecule has 0 saturated carbocycles. The summed E-state index contributed by atoms with van der Waals surface area (Å²) in [6, 6.07) is 8.94. The molecule has 1 saturated heterocycles. The molecule has 2 heterocycles. The molecule has 1 aliphatic rings. The molecular formula is C17H21ClN2O3.